The van der Waals surface area contributed by atoms with E-state index in [1.54, 1.807) is 6.08 Å². The Hall–Kier alpha value is -2.44. The van der Waals surface area contributed by atoms with Crippen molar-refractivity contribution in [2.75, 3.05) is 13.2 Å². The minimum Gasteiger partial charge on any atom is -0.466 e. The van der Waals surface area contributed by atoms with Crippen LogP contribution in [-0.4, -0.2) is 47.4 Å². The fourth-order valence-electron chi connectivity index (χ4n) is 10.4. The van der Waals surface area contributed by atoms with Gasteiger partial charge in [0, 0.05) is 12.8 Å². The van der Waals surface area contributed by atoms with Gasteiger partial charge in [-0.3, -0.25) is 9.59 Å². The molecule has 0 aliphatic heterocycles. The van der Waals surface area contributed by atoms with Gasteiger partial charge in [-0.2, -0.15) is 0 Å². The van der Waals surface area contributed by atoms with E-state index < -0.39 is 12.1 Å². The summed E-state index contributed by atoms with van der Waals surface area (Å²) in [7, 11) is 0. The molecule has 0 heterocycles. The molecule has 2 unspecified atom stereocenters. The van der Waals surface area contributed by atoms with Gasteiger partial charge in [0.05, 0.1) is 25.4 Å². The lowest BCUT2D eigenvalue weighted by Crippen LogP contribution is -2.45. The molecule has 0 bridgehead atoms. The van der Waals surface area contributed by atoms with Crippen molar-refractivity contribution in [2.45, 2.75) is 373 Å². The first-order valence-electron chi connectivity index (χ1n) is 34.6. The number of hydrogen-bond acceptors (Lipinski definition) is 5. The number of esters is 1. The first-order chi connectivity index (χ1) is 38.5. The quantitative estimate of drug-likeness (QED) is 0.0320. The summed E-state index contributed by atoms with van der Waals surface area (Å²) in [5.41, 5.74) is 0. The van der Waals surface area contributed by atoms with Crippen LogP contribution in [0.4, 0.5) is 0 Å². The lowest BCUT2D eigenvalue weighted by atomic mass is 10.0. The zero-order chi connectivity index (χ0) is 56.4. The summed E-state index contributed by atoms with van der Waals surface area (Å²) in [5.74, 6) is -0.0780. The third kappa shape index (κ3) is 62.8. The van der Waals surface area contributed by atoms with Gasteiger partial charge in [0.15, 0.2) is 0 Å². The molecule has 0 aliphatic carbocycles. The highest BCUT2D eigenvalue weighted by atomic mass is 16.5. The first-order valence-corrected chi connectivity index (χ1v) is 34.6. The molecule has 0 saturated heterocycles. The monoisotopic (exact) mass is 1090 g/mol. The number of aliphatic hydroxyl groups is 2. The Labute approximate surface area is 486 Å². The van der Waals surface area contributed by atoms with Crippen molar-refractivity contribution >= 4 is 11.9 Å². The van der Waals surface area contributed by atoms with Gasteiger partial charge >= 0.3 is 5.97 Å². The lowest BCUT2D eigenvalue weighted by molar-refractivity contribution is -0.143. The standard InChI is InChI=1S/C72H133NO5/c1-3-5-7-9-11-13-15-17-19-20-21-22-28-31-34-37-40-44-48-52-56-60-64-70(75)69(68-74)73-71(76)65-61-57-53-49-45-41-38-35-32-29-26-24-23-25-27-30-33-36-39-43-47-51-55-59-63-67-78-72(77)66-62-58-54-50-46-42-18-16-14-12-10-8-6-4-2/h10,12,16,18,24-27,60,64,69-70,74-75H,3-9,11,13-15,17,19-23,28-59,61-63,65-68H2,1-2H3,(H,73,76)/b12-10-,18-16-,26-24-,27-25-,64-60+. The predicted octanol–water partition coefficient (Wildman–Crippen LogP) is 22.3. The van der Waals surface area contributed by atoms with Crippen LogP contribution >= 0.6 is 0 Å². The largest absolute Gasteiger partial charge is 0.466 e. The molecule has 0 aromatic rings. The second kappa shape index (κ2) is 67.1. The number of carbonyl (C=O) groups excluding carboxylic acids is 2. The second-order valence-corrected chi connectivity index (χ2v) is 23.5. The molecule has 0 aliphatic rings. The molecule has 0 aromatic heterocycles. The molecule has 78 heavy (non-hydrogen) atoms. The van der Waals surface area contributed by atoms with Crippen LogP contribution in [0.25, 0.3) is 0 Å². The molecule has 1 amide bonds. The van der Waals surface area contributed by atoms with Crippen LogP contribution in [0.5, 0.6) is 0 Å². The Bertz CT molecular complexity index is 1350. The number of hydrogen-bond donors (Lipinski definition) is 3. The maximum absolute atomic E-state index is 12.5. The number of carbonyl (C=O) groups is 2. The maximum atomic E-state index is 12.5. The predicted molar refractivity (Wildman–Crippen MR) is 342 cm³/mol. The summed E-state index contributed by atoms with van der Waals surface area (Å²) in [6, 6.07) is -0.635. The first kappa shape index (κ1) is 75.6. The topological polar surface area (TPSA) is 95.9 Å². The molecule has 6 nitrogen and oxygen atoms in total. The van der Waals surface area contributed by atoms with Crippen LogP contribution in [-0.2, 0) is 14.3 Å². The average Bonchev–Trinajstić information content (AvgIpc) is 3.44. The van der Waals surface area contributed by atoms with Gasteiger partial charge < -0.3 is 20.3 Å². The third-order valence-electron chi connectivity index (χ3n) is 15.8. The summed E-state index contributed by atoms with van der Waals surface area (Å²) in [6.45, 7) is 4.87. The Kier molecular flexibility index (Phi) is 65.0. The highest BCUT2D eigenvalue weighted by Crippen LogP contribution is 2.17. The summed E-state index contributed by atoms with van der Waals surface area (Å²) in [4.78, 5) is 24.6. The number of allylic oxidation sites excluding steroid dienone is 9. The van der Waals surface area contributed by atoms with Crippen molar-refractivity contribution in [3.05, 3.63) is 60.8 Å². The van der Waals surface area contributed by atoms with E-state index in [1.807, 2.05) is 6.08 Å². The van der Waals surface area contributed by atoms with Crippen LogP contribution in [0.1, 0.15) is 361 Å². The van der Waals surface area contributed by atoms with Crippen molar-refractivity contribution in [2.24, 2.45) is 0 Å². The van der Waals surface area contributed by atoms with Crippen molar-refractivity contribution in [3.8, 4) is 0 Å². The van der Waals surface area contributed by atoms with Crippen LogP contribution in [0, 0.1) is 0 Å². The number of aliphatic hydroxyl groups excluding tert-OH is 2. The summed E-state index contributed by atoms with van der Waals surface area (Å²) >= 11 is 0. The summed E-state index contributed by atoms with van der Waals surface area (Å²) in [6.07, 6.45) is 88.6. The fourth-order valence-corrected chi connectivity index (χ4v) is 10.4. The smallest absolute Gasteiger partial charge is 0.305 e. The van der Waals surface area contributed by atoms with Crippen LogP contribution in [0.15, 0.2) is 60.8 Å². The molecule has 456 valence electrons. The molecule has 0 aromatic carbocycles. The number of unbranched alkanes of at least 4 members (excludes halogenated alkanes) is 45. The molecular weight excluding hydrogens is 959 g/mol. The zero-order valence-electron chi connectivity index (χ0n) is 52.1. The number of ether oxygens (including phenoxy) is 1. The van der Waals surface area contributed by atoms with E-state index in [9.17, 15) is 19.8 Å². The third-order valence-corrected chi connectivity index (χ3v) is 15.8. The zero-order valence-corrected chi connectivity index (χ0v) is 52.1. The highest BCUT2D eigenvalue weighted by Gasteiger charge is 2.18. The van der Waals surface area contributed by atoms with E-state index in [0.717, 1.165) is 57.8 Å². The van der Waals surface area contributed by atoms with Crippen molar-refractivity contribution in [1.29, 1.82) is 0 Å². The average molecular weight is 1090 g/mol. The van der Waals surface area contributed by atoms with E-state index >= 15 is 0 Å². The number of nitrogens with one attached hydrogen (secondary N) is 1. The molecule has 0 spiro atoms. The van der Waals surface area contributed by atoms with Crippen LogP contribution in [0.2, 0.25) is 0 Å². The minimum absolute atomic E-state index is 0.00629. The molecule has 3 N–H and O–H groups in total. The molecule has 6 heteroatoms. The Morgan fingerprint density at radius 2 is 0.654 bits per heavy atom. The van der Waals surface area contributed by atoms with Crippen molar-refractivity contribution in [3.63, 3.8) is 0 Å². The number of rotatable bonds is 64. The maximum Gasteiger partial charge on any atom is 0.305 e. The van der Waals surface area contributed by atoms with Gasteiger partial charge in [-0.05, 0) is 89.9 Å². The van der Waals surface area contributed by atoms with E-state index in [1.165, 1.54) is 276 Å². The SMILES string of the molecule is CCCC/C=C\C/C=C\CCCCCCCC(=O)OCCCCCCCCCCC/C=C\C/C=C\CCCCCCCCCCCC(=O)NC(CO)C(O)/C=C/CCCCCCCCCCCCCCCCCCCCCC. The Balaban J connectivity index is 3.47. The van der Waals surface area contributed by atoms with Crippen molar-refractivity contribution in [1.82, 2.24) is 5.32 Å². The lowest BCUT2D eigenvalue weighted by Gasteiger charge is -2.20. The van der Waals surface area contributed by atoms with Gasteiger partial charge in [-0.25, -0.2) is 0 Å². The summed E-state index contributed by atoms with van der Waals surface area (Å²) < 4.78 is 5.47. The minimum atomic E-state index is -0.851. The second-order valence-electron chi connectivity index (χ2n) is 23.5. The normalized spacial score (nSPS) is 12.9. The van der Waals surface area contributed by atoms with Crippen LogP contribution < -0.4 is 5.32 Å². The van der Waals surface area contributed by atoms with E-state index in [4.69, 9.17) is 4.74 Å². The van der Waals surface area contributed by atoms with E-state index in [-0.39, 0.29) is 18.5 Å². The van der Waals surface area contributed by atoms with Crippen molar-refractivity contribution < 1.29 is 24.5 Å². The van der Waals surface area contributed by atoms with Gasteiger partial charge in [-0.1, -0.05) is 319 Å². The fraction of sp³-hybridized carbons (Fsp3) is 0.833. The Morgan fingerprint density at radius 3 is 1.01 bits per heavy atom. The summed E-state index contributed by atoms with van der Waals surface area (Å²) in [5, 5.41) is 23.2. The molecule has 0 saturated carbocycles. The molecule has 2 atom stereocenters. The number of amides is 1. The van der Waals surface area contributed by atoms with E-state index in [0.29, 0.717) is 19.4 Å². The molecule has 0 radical (unpaired) electrons. The highest BCUT2D eigenvalue weighted by molar-refractivity contribution is 5.76. The van der Waals surface area contributed by atoms with Crippen LogP contribution in [0.3, 0.4) is 0 Å². The van der Waals surface area contributed by atoms with Gasteiger partial charge in [0.1, 0.15) is 0 Å². The molecule has 0 rings (SSSR count). The van der Waals surface area contributed by atoms with Gasteiger partial charge in [-0.15, -0.1) is 0 Å². The Morgan fingerprint density at radius 1 is 0.359 bits per heavy atom. The van der Waals surface area contributed by atoms with E-state index in [2.05, 4.69) is 67.8 Å². The van der Waals surface area contributed by atoms with Gasteiger partial charge in [0.2, 0.25) is 5.91 Å². The molecule has 0 fully saturated rings. The van der Waals surface area contributed by atoms with Gasteiger partial charge in [0.25, 0.3) is 0 Å². The molecular formula is C72H133NO5.